The Hall–Kier alpha value is -3.98. The number of amides is 1. The van der Waals surface area contributed by atoms with Crippen molar-refractivity contribution in [2.45, 2.75) is 18.0 Å². The summed E-state index contributed by atoms with van der Waals surface area (Å²) >= 11 is 0. The molecule has 3 aromatic carbocycles. The number of halogens is 2. The third kappa shape index (κ3) is 5.49. The van der Waals surface area contributed by atoms with Crippen LogP contribution in [0.2, 0.25) is 0 Å². The van der Waals surface area contributed by atoms with E-state index in [0.29, 0.717) is 11.3 Å². The van der Waals surface area contributed by atoms with Crippen molar-refractivity contribution in [3.05, 3.63) is 120 Å². The van der Waals surface area contributed by atoms with Gasteiger partial charge in [-0.2, -0.15) is 8.42 Å². The summed E-state index contributed by atoms with van der Waals surface area (Å²) in [5.74, 6) is -1.13. The number of furan rings is 1. The molecule has 0 aliphatic carbocycles. The number of carbonyl (C=O) groups is 1. The molecule has 6 nitrogen and oxygen atoms in total. The number of para-hydroxylation sites is 1. The molecule has 0 spiro atoms. The lowest BCUT2D eigenvalue weighted by molar-refractivity contribution is 0.0716. The highest BCUT2D eigenvalue weighted by Crippen LogP contribution is 2.26. The highest BCUT2D eigenvalue weighted by molar-refractivity contribution is 7.87. The Labute approximate surface area is 195 Å². The molecule has 4 rings (SSSR count). The molecule has 9 heteroatoms. The van der Waals surface area contributed by atoms with E-state index in [4.69, 9.17) is 8.60 Å². The van der Waals surface area contributed by atoms with Crippen molar-refractivity contribution in [1.82, 2.24) is 4.90 Å². The van der Waals surface area contributed by atoms with E-state index in [9.17, 15) is 22.0 Å². The van der Waals surface area contributed by atoms with Crippen LogP contribution in [-0.2, 0) is 23.2 Å². The lowest BCUT2D eigenvalue weighted by Crippen LogP contribution is -2.30. The van der Waals surface area contributed by atoms with Crippen molar-refractivity contribution in [2.24, 2.45) is 0 Å². The summed E-state index contributed by atoms with van der Waals surface area (Å²) in [6.07, 6.45) is 1.46. The molecule has 0 radical (unpaired) electrons. The molecule has 0 atom stereocenters. The van der Waals surface area contributed by atoms with E-state index in [-0.39, 0.29) is 29.3 Å². The first-order valence-corrected chi connectivity index (χ1v) is 11.6. The summed E-state index contributed by atoms with van der Waals surface area (Å²) in [6, 6.07) is 19.2. The molecular formula is C25H19F2NO5S. The minimum absolute atomic E-state index is 0.00307. The van der Waals surface area contributed by atoms with Gasteiger partial charge in [0.05, 0.1) is 19.4 Å². The number of hydrogen-bond donors (Lipinski definition) is 0. The molecule has 0 aliphatic heterocycles. The van der Waals surface area contributed by atoms with E-state index in [1.54, 1.807) is 30.3 Å². The fourth-order valence-electron chi connectivity index (χ4n) is 3.28. The number of rotatable bonds is 8. The summed E-state index contributed by atoms with van der Waals surface area (Å²) in [6.45, 7) is 0.00650. The maximum atomic E-state index is 13.7. The minimum Gasteiger partial charge on any atom is -0.467 e. The average Bonchev–Trinajstić information content (AvgIpc) is 3.33. The zero-order valence-corrected chi connectivity index (χ0v) is 18.5. The molecule has 0 unspecified atom stereocenters. The first-order chi connectivity index (χ1) is 16.3. The third-order valence-corrected chi connectivity index (χ3v) is 6.17. The number of hydrogen-bond acceptors (Lipinski definition) is 5. The molecule has 0 fully saturated rings. The number of nitrogens with zero attached hydrogens (tertiary/aromatic N) is 1. The van der Waals surface area contributed by atoms with Crippen LogP contribution in [0.5, 0.6) is 5.75 Å². The Morgan fingerprint density at radius 3 is 2.32 bits per heavy atom. The van der Waals surface area contributed by atoms with Crippen LogP contribution in [0.3, 0.4) is 0 Å². The maximum Gasteiger partial charge on any atom is 0.339 e. The predicted octanol–water partition coefficient (Wildman–Crippen LogP) is 5.17. The molecule has 174 valence electrons. The second kappa shape index (κ2) is 9.88. The van der Waals surface area contributed by atoms with Crippen LogP contribution in [0.1, 0.15) is 21.7 Å². The zero-order valence-electron chi connectivity index (χ0n) is 17.7. The number of carbonyl (C=O) groups excluding carboxylic acids is 1. The van der Waals surface area contributed by atoms with E-state index in [1.807, 2.05) is 0 Å². The lowest BCUT2D eigenvalue weighted by atomic mass is 10.1. The van der Waals surface area contributed by atoms with E-state index in [1.165, 1.54) is 35.4 Å². The molecule has 0 N–H and O–H groups in total. The van der Waals surface area contributed by atoms with E-state index in [0.717, 1.165) is 30.3 Å². The summed E-state index contributed by atoms with van der Waals surface area (Å²) in [5.41, 5.74) is 0.522. The molecule has 1 aromatic heterocycles. The van der Waals surface area contributed by atoms with Gasteiger partial charge in [0.1, 0.15) is 28.0 Å². The van der Waals surface area contributed by atoms with Crippen molar-refractivity contribution in [3.8, 4) is 5.75 Å². The smallest absolute Gasteiger partial charge is 0.339 e. The Morgan fingerprint density at radius 2 is 1.62 bits per heavy atom. The molecule has 0 bridgehead atoms. The van der Waals surface area contributed by atoms with Crippen LogP contribution in [0.15, 0.2) is 101 Å². The second-order valence-corrected chi connectivity index (χ2v) is 8.90. The van der Waals surface area contributed by atoms with Crippen LogP contribution in [0, 0.1) is 11.6 Å². The molecule has 1 heterocycles. The molecule has 0 saturated carbocycles. The monoisotopic (exact) mass is 483 g/mol. The normalized spacial score (nSPS) is 11.2. The molecule has 0 aliphatic rings. The van der Waals surface area contributed by atoms with Gasteiger partial charge in [-0.3, -0.25) is 4.79 Å². The minimum atomic E-state index is -4.25. The van der Waals surface area contributed by atoms with E-state index < -0.39 is 27.7 Å². The SMILES string of the molecule is O=C(c1cccc(F)c1)N(Cc1ccco1)Cc1ccccc1OS(=O)(=O)c1ccc(F)cc1. The van der Waals surface area contributed by atoms with E-state index >= 15 is 0 Å². The molecule has 0 saturated heterocycles. The first-order valence-electron chi connectivity index (χ1n) is 10.2. The largest absolute Gasteiger partial charge is 0.467 e. The fraction of sp³-hybridized carbons (Fsp3) is 0.0800. The standard InChI is InChI=1S/C25H19F2NO5S/c26-20-10-12-23(13-11-20)34(30,31)33-24-9-2-1-5-19(24)16-28(17-22-8-4-14-32-22)25(29)18-6-3-7-21(27)15-18/h1-15H,16-17H2. The Balaban J connectivity index is 1.64. The van der Waals surface area contributed by atoms with Crippen molar-refractivity contribution < 1.29 is 30.6 Å². The Bertz CT molecular complexity index is 1390. The number of benzene rings is 3. The topological polar surface area (TPSA) is 76.8 Å². The van der Waals surface area contributed by atoms with Gasteiger partial charge in [0.25, 0.3) is 5.91 Å². The van der Waals surface area contributed by atoms with Gasteiger partial charge in [-0.05, 0) is 60.7 Å². The fourth-order valence-corrected chi connectivity index (χ4v) is 4.25. The quantitative estimate of drug-likeness (QED) is 0.323. The van der Waals surface area contributed by atoms with Crippen molar-refractivity contribution in [2.75, 3.05) is 0 Å². The third-order valence-electron chi connectivity index (χ3n) is 4.92. The van der Waals surface area contributed by atoms with Gasteiger partial charge in [0.15, 0.2) is 0 Å². The lowest BCUT2D eigenvalue weighted by Gasteiger charge is -2.23. The summed E-state index contributed by atoms with van der Waals surface area (Å²) in [5, 5.41) is 0. The summed E-state index contributed by atoms with van der Waals surface area (Å²) < 4.78 is 63.1. The second-order valence-electron chi connectivity index (χ2n) is 7.35. The van der Waals surface area contributed by atoms with Crippen molar-refractivity contribution in [3.63, 3.8) is 0 Å². The van der Waals surface area contributed by atoms with Crippen LogP contribution < -0.4 is 4.18 Å². The average molecular weight is 483 g/mol. The van der Waals surface area contributed by atoms with Gasteiger partial charge in [0, 0.05) is 11.1 Å². The predicted molar refractivity (Wildman–Crippen MR) is 119 cm³/mol. The summed E-state index contributed by atoms with van der Waals surface area (Å²) in [7, 11) is -4.25. The van der Waals surface area contributed by atoms with Gasteiger partial charge in [-0.1, -0.05) is 24.3 Å². The molecule has 34 heavy (non-hydrogen) atoms. The first kappa shape index (κ1) is 23.2. The van der Waals surface area contributed by atoms with Crippen molar-refractivity contribution >= 4 is 16.0 Å². The maximum absolute atomic E-state index is 13.7. The van der Waals surface area contributed by atoms with Gasteiger partial charge in [0.2, 0.25) is 0 Å². The van der Waals surface area contributed by atoms with Crippen molar-refractivity contribution in [1.29, 1.82) is 0 Å². The van der Waals surface area contributed by atoms with Gasteiger partial charge in [-0.15, -0.1) is 0 Å². The zero-order chi connectivity index (χ0) is 24.1. The van der Waals surface area contributed by atoms with Gasteiger partial charge >= 0.3 is 10.1 Å². The highest BCUT2D eigenvalue weighted by atomic mass is 32.2. The molecule has 4 aromatic rings. The van der Waals surface area contributed by atoms with Crippen LogP contribution in [0.4, 0.5) is 8.78 Å². The Kier molecular flexibility index (Phi) is 6.74. The van der Waals surface area contributed by atoms with Crippen LogP contribution in [0.25, 0.3) is 0 Å². The molecular weight excluding hydrogens is 464 g/mol. The Morgan fingerprint density at radius 1 is 0.853 bits per heavy atom. The van der Waals surface area contributed by atoms with Crippen LogP contribution in [-0.4, -0.2) is 19.2 Å². The van der Waals surface area contributed by atoms with Gasteiger partial charge < -0.3 is 13.5 Å². The summed E-state index contributed by atoms with van der Waals surface area (Å²) in [4.78, 5) is 14.4. The van der Waals surface area contributed by atoms with Gasteiger partial charge in [-0.25, -0.2) is 8.78 Å². The van der Waals surface area contributed by atoms with Crippen LogP contribution >= 0.6 is 0 Å². The molecule has 1 amide bonds. The van der Waals surface area contributed by atoms with E-state index in [2.05, 4.69) is 0 Å². The highest BCUT2D eigenvalue weighted by Gasteiger charge is 2.23.